The predicted octanol–water partition coefficient (Wildman–Crippen LogP) is 3.67. The minimum Gasteiger partial charge on any atom is -0.464 e. The van der Waals surface area contributed by atoms with E-state index in [9.17, 15) is 9.59 Å². The molecule has 2 bridgehead atoms. The number of esters is 1. The number of nitrogens with one attached hydrogen (secondary N) is 1. The minimum absolute atomic E-state index is 0.385. The number of carbonyl (C=O) groups is 2. The van der Waals surface area contributed by atoms with Crippen molar-refractivity contribution in [3.63, 3.8) is 0 Å². The highest BCUT2D eigenvalue weighted by Crippen LogP contribution is 2.37. The number of fused-ring (bicyclic) bond motifs is 2. The van der Waals surface area contributed by atoms with Gasteiger partial charge in [0, 0.05) is 12.1 Å². The zero-order valence-electron chi connectivity index (χ0n) is 17.3. The lowest BCUT2D eigenvalue weighted by Crippen LogP contribution is -2.42. The molecule has 28 heavy (non-hydrogen) atoms. The summed E-state index contributed by atoms with van der Waals surface area (Å²) >= 11 is 0. The van der Waals surface area contributed by atoms with Crippen LogP contribution in [-0.4, -0.2) is 48.3 Å². The second-order valence-electron chi connectivity index (χ2n) is 9.01. The Hall–Kier alpha value is -2.08. The highest BCUT2D eigenvalue weighted by molar-refractivity contribution is 5.82. The number of hydrogen-bond donors (Lipinski definition) is 1. The maximum atomic E-state index is 12.8. The average molecular weight is 389 g/mol. The number of amides is 1. The summed E-state index contributed by atoms with van der Waals surface area (Å²) in [5, 5.41) is 2.67. The predicted molar refractivity (Wildman–Crippen MR) is 107 cm³/mol. The van der Waals surface area contributed by atoms with Gasteiger partial charge in [0.05, 0.1) is 6.61 Å². The number of rotatable bonds is 5. The zero-order valence-corrected chi connectivity index (χ0v) is 17.3. The summed E-state index contributed by atoms with van der Waals surface area (Å²) in [6, 6.07) is 9.48. The van der Waals surface area contributed by atoms with Crippen LogP contribution in [0.15, 0.2) is 30.3 Å². The third-order valence-electron chi connectivity index (χ3n) is 5.69. The Morgan fingerprint density at radius 2 is 1.75 bits per heavy atom. The van der Waals surface area contributed by atoms with Crippen molar-refractivity contribution in [2.75, 3.05) is 13.7 Å². The third-order valence-corrected chi connectivity index (χ3v) is 5.69. The molecule has 2 fully saturated rings. The van der Waals surface area contributed by atoms with Crippen molar-refractivity contribution in [3.05, 3.63) is 35.9 Å². The molecule has 2 heterocycles. The smallest absolute Gasteiger partial charge is 0.408 e. The Morgan fingerprint density at radius 1 is 1.14 bits per heavy atom. The molecule has 3 rings (SSSR count). The summed E-state index contributed by atoms with van der Waals surface area (Å²) in [6.07, 6.45) is 3.97. The molecule has 0 aliphatic carbocycles. The molecular formula is C22H32N2O4. The molecule has 1 N–H and O–H groups in total. The first kappa shape index (κ1) is 20.6. The molecule has 0 aromatic heterocycles. The van der Waals surface area contributed by atoms with Crippen molar-refractivity contribution < 1.29 is 19.1 Å². The van der Waals surface area contributed by atoms with Crippen molar-refractivity contribution in [1.29, 1.82) is 0 Å². The van der Waals surface area contributed by atoms with E-state index >= 15 is 0 Å². The van der Waals surface area contributed by atoms with Crippen molar-refractivity contribution in [3.8, 4) is 0 Å². The number of ether oxygens (including phenoxy) is 2. The third kappa shape index (κ3) is 5.25. The fraction of sp³-hybridized carbons (Fsp3) is 0.636. The largest absolute Gasteiger partial charge is 0.464 e. The Labute approximate surface area is 167 Å². The van der Waals surface area contributed by atoms with Crippen LogP contribution in [-0.2, 0) is 14.3 Å². The Bertz CT molecular complexity index is 672. The van der Waals surface area contributed by atoms with Crippen LogP contribution < -0.4 is 5.32 Å². The van der Waals surface area contributed by atoms with Gasteiger partial charge in [0.25, 0.3) is 0 Å². The molecule has 6 heteroatoms. The van der Waals surface area contributed by atoms with E-state index in [1.54, 1.807) is 32.9 Å². The maximum absolute atomic E-state index is 12.8. The molecule has 2 aliphatic rings. The van der Waals surface area contributed by atoms with Gasteiger partial charge in [-0.2, -0.15) is 0 Å². The van der Waals surface area contributed by atoms with Crippen molar-refractivity contribution in [2.24, 2.45) is 5.92 Å². The van der Waals surface area contributed by atoms with Crippen LogP contribution >= 0.6 is 0 Å². The number of piperidine rings is 1. The SMILES string of the molecule is CN1[C@@H]2CC[C@H]1C[C@H](COC(=O)C(NC(=O)OC(C)(C)C)c1ccccc1)C2. The van der Waals surface area contributed by atoms with Gasteiger partial charge in [-0.25, -0.2) is 9.59 Å². The van der Waals surface area contributed by atoms with Gasteiger partial charge in [-0.05, 0) is 65.0 Å². The first-order valence-corrected chi connectivity index (χ1v) is 10.2. The summed E-state index contributed by atoms with van der Waals surface area (Å²) in [4.78, 5) is 27.5. The van der Waals surface area contributed by atoms with E-state index in [-0.39, 0.29) is 0 Å². The fourth-order valence-electron chi connectivity index (χ4n) is 4.29. The van der Waals surface area contributed by atoms with Gasteiger partial charge in [-0.15, -0.1) is 0 Å². The van der Waals surface area contributed by atoms with Crippen LogP contribution in [0.4, 0.5) is 4.79 Å². The first-order chi connectivity index (χ1) is 13.2. The molecule has 0 saturated carbocycles. The maximum Gasteiger partial charge on any atom is 0.408 e. The molecular weight excluding hydrogens is 356 g/mol. The summed E-state index contributed by atoms with van der Waals surface area (Å²) in [5.41, 5.74) is 0.0459. The summed E-state index contributed by atoms with van der Waals surface area (Å²) < 4.78 is 11.0. The van der Waals surface area contributed by atoms with Crippen molar-refractivity contribution >= 4 is 12.1 Å². The molecule has 154 valence electrons. The van der Waals surface area contributed by atoms with Gasteiger partial charge in [0.1, 0.15) is 5.60 Å². The van der Waals surface area contributed by atoms with Crippen LogP contribution in [0, 0.1) is 5.92 Å². The van der Waals surface area contributed by atoms with Crippen LogP contribution in [0.5, 0.6) is 0 Å². The van der Waals surface area contributed by atoms with Gasteiger partial charge in [-0.3, -0.25) is 0 Å². The van der Waals surface area contributed by atoms with Gasteiger partial charge < -0.3 is 19.7 Å². The lowest BCUT2D eigenvalue weighted by molar-refractivity contribution is -0.148. The Balaban J connectivity index is 1.61. The van der Waals surface area contributed by atoms with E-state index in [1.165, 1.54) is 12.8 Å². The molecule has 1 unspecified atom stereocenters. The van der Waals surface area contributed by atoms with Gasteiger partial charge in [-0.1, -0.05) is 30.3 Å². The van der Waals surface area contributed by atoms with E-state index in [0.717, 1.165) is 12.8 Å². The van der Waals surface area contributed by atoms with Crippen molar-refractivity contribution in [1.82, 2.24) is 10.2 Å². The quantitative estimate of drug-likeness (QED) is 0.780. The molecule has 2 aliphatic heterocycles. The number of benzene rings is 1. The van der Waals surface area contributed by atoms with Crippen LogP contribution in [0.3, 0.4) is 0 Å². The average Bonchev–Trinajstić information content (AvgIpc) is 2.84. The number of alkyl carbamates (subject to hydrolysis) is 1. The highest BCUT2D eigenvalue weighted by atomic mass is 16.6. The molecule has 0 radical (unpaired) electrons. The van der Waals surface area contributed by atoms with Crippen LogP contribution in [0.1, 0.15) is 58.1 Å². The monoisotopic (exact) mass is 388 g/mol. The molecule has 1 aromatic rings. The van der Waals surface area contributed by atoms with Crippen molar-refractivity contribution in [2.45, 2.75) is 70.2 Å². The molecule has 1 aromatic carbocycles. The summed E-state index contributed by atoms with van der Waals surface area (Å²) in [6.45, 7) is 5.77. The van der Waals surface area contributed by atoms with E-state index in [4.69, 9.17) is 9.47 Å². The van der Waals surface area contributed by atoms with Crippen LogP contribution in [0.2, 0.25) is 0 Å². The second kappa shape index (κ2) is 8.52. The molecule has 0 spiro atoms. The lowest BCUT2D eigenvalue weighted by atomic mass is 9.92. The van der Waals surface area contributed by atoms with E-state index < -0.39 is 23.7 Å². The summed E-state index contributed by atoms with van der Waals surface area (Å²) in [5.74, 6) is -0.0565. The van der Waals surface area contributed by atoms with E-state index in [1.807, 2.05) is 18.2 Å². The fourth-order valence-corrected chi connectivity index (χ4v) is 4.29. The van der Waals surface area contributed by atoms with E-state index in [0.29, 0.717) is 30.2 Å². The molecule has 6 nitrogen and oxygen atoms in total. The van der Waals surface area contributed by atoms with Crippen LogP contribution in [0.25, 0.3) is 0 Å². The minimum atomic E-state index is -0.876. The van der Waals surface area contributed by atoms with E-state index in [2.05, 4.69) is 17.3 Å². The molecule has 4 atom stereocenters. The standard InChI is InChI=1S/C22H32N2O4/c1-22(2,3)28-21(26)23-19(16-8-6-5-7-9-16)20(25)27-14-15-12-17-10-11-18(13-15)24(17)4/h5-9,15,17-19H,10-14H2,1-4H3,(H,23,26)/t15-,17-,18+,19?. The van der Waals surface area contributed by atoms with Gasteiger partial charge in [0.15, 0.2) is 6.04 Å². The number of nitrogens with zero attached hydrogens (tertiary/aromatic N) is 1. The normalized spacial score (nSPS) is 25.8. The number of hydrogen-bond acceptors (Lipinski definition) is 5. The van der Waals surface area contributed by atoms with Gasteiger partial charge >= 0.3 is 12.1 Å². The molecule has 2 saturated heterocycles. The highest BCUT2D eigenvalue weighted by Gasteiger charge is 2.39. The lowest BCUT2D eigenvalue weighted by Gasteiger charge is -2.36. The molecule has 1 amide bonds. The first-order valence-electron chi connectivity index (χ1n) is 10.2. The Kier molecular flexibility index (Phi) is 6.28. The summed E-state index contributed by atoms with van der Waals surface area (Å²) in [7, 11) is 2.20. The number of carbonyl (C=O) groups excluding carboxylic acids is 2. The topological polar surface area (TPSA) is 67.9 Å². The second-order valence-corrected chi connectivity index (χ2v) is 9.01. The Morgan fingerprint density at radius 3 is 2.32 bits per heavy atom. The van der Waals surface area contributed by atoms with Gasteiger partial charge in [0.2, 0.25) is 0 Å². The zero-order chi connectivity index (χ0) is 20.3.